The molecule has 21 heavy (non-hydrogen) atoms. The van der Waals surface area contributed by atoms with Crippen molar-refractivity contribution < 1.29 is 22.7 Å². The third-order valence-corrected chi connectivity index (χ3v) is 3.12. The van der Waals surface area contributed by atoms with Gasteiger partial charge in [-0.2, -0.15) is 13.2 Å². The summed E-state index contributed by atoms with van der Waals surface area (Å²) >= 11 is 0. The van der Waals surface area contributed by atoms with E-state index in [2.05, 4.69) is 5.32 Å². The normalized spacial score (nSPS) is 16.5. The first-order chi connectivity index (χ1) is 9.92. The van der Waals surface area contributed by atoms with Crippen LogP contribution in [0, 0.1) is 0 Å². The molecule has 1 aromatic carbocycles. The van der Waals surface area contributed by atoms with Gasteiger partial charge in [0.15, 0.2) is 6.61 Å². The number of para-hydroxylation sites is 1. The van der Waals surface area contributed by atoms with Crippen molar-refractivity contribution in [2.24, 2.45) is 0 Å². The van der Waals surface area contributed by atoms with E-state index in [9.17, 15) is 18.0 Å². The summed E-state index contributed by atoms with van der Waals surface area (Å²) in [7, 11) is 0. The second-order valence-corrected chi connectivity index (χ2v) is 4.81. The summed E-state index contributed by atoms with van der Waals surface area (Å²) in [4.78, 5) is 12.0. The van der Waals surface area contributed by atoms with Crippen LogP contribution in [-0.2, 0) is 9.53 Å². The molecule has 0 spiro atoms. The summed E-state index contributed by atoms with van der Waals surface area (Å²) < 4.78 is 42.0. The number of ether oxygens (including phenoxy) is 1. The molecule has 114 valence electrons. The fourth-order valence-electron chi connectivity index (χ4n) is 2.17. The van der Waals surface area contributed by atoms with Crippen molar-refractivity contribution in [2.45, 2.75) is 32.4 Å². The van der Waals surface area contributed by atoms with E-state index in [4.69, 9.17) is 4.74 Å². The summed E-state index contributed by atoms with van der Waals surface area (Å²) in [5.74, 6) is -0.305. The number of benzene rings is 1. The van der Waals surface area contributed by atoms with Crippen LogP contribution < -0.4 is 5.32 Å². The van der Waals surface area contributed by atoms with Gasteiger partial charge in [-0.1, -0.05) is 31.5 Å². The Morgan fingerprint density at radius 2 is 2.00 bits per heavy atom. The number of alkyl halides is 3. The predicted molar refractivity (Wildman–Crippen MR) is 73.5 cm³/mol. The minimum absolute atomic E-state index is 0.108. The maximum Gasteiger partial charge on any atom is 0.422 e. The Morgan fingerprint density at radius 3 is 2.67 bits per heavy atom. The maximum absolute atomic E-state index is 12.4. The van der Waals surface area contributed by atoms with Crippen LogP contribution in [0.5, 0.6) is 0 Å². The van der Waals surface area contributed by atoms with E-state index in [1.807, 2.05) is 6.92 Å². The number of amides is 1. The zero-order valence-electron chi connectivity index (χ0n) is 11.6. The SMILES string of the molecule is CCCC/C(OCC(F)(F)F)=C1/C(=O)Nc2ccccc21. The number of rotatable bonds is 5. The van der Waals surface area contributed by atoms with Crippen LogP contribution in [0.3, 0.4) is 0 Å². The monoisotopic (exact) mass is 299 g/mol. The van der Waals surface area contributed by atoms with Crippen molar-refractivity contribution in [1.82, 2.24) is 0 Å². The van der Waals surface area contributed by atoms with Crippen LogP contribution in [0.1, 0.15) is 31.7 Å². The highest BCUT2D eigenvalue weighted by molar-refractivity contribution is 6.32. The van der Waals surface area contributed by atoms with E-state index in [0.717, 1.165) is 6.42 Å². The quantitative estimate of drug-likeness (QED) is 0.656. The molecule has 0 aliphatic carbocycles. The summed E-state index contributed by atoms with van der Waals surface area (Å²) in [5, 5.41) is 2.64. The van der Waals surface area contributed by atoms with Gasteiger partial charge in [0.2, 0.25) is 0 Å². The largest absolute Gasteiger partial charge is 0.488 e. The molecule has 1 aliphatic heterocycles. The van der Waals surface area contributed by atoms with Crippen molar-refractivity contribution in [2.75, 3.05) is 11.9 Å². The summed E-state index contributed by atoms with van der Waals surface area (Å²) in [5.41, 5.74) is 1.40. The average Bonchev–Trinajstić information content (AvgIpc) is 2.74. The van der Waals surface area contributed by atoms with Gasteiger partial charge in [-0.05, 0) is 12.5 Å². The number of hydrogen-bond acceptors (Lipinski definition) is 2. The minimum Gasteiger partial charge on any atom is -0.488 e. The van der Waals surface area contributed by atoms with Gasteiger partial charge in [-0.15, -0.1) is 0 Å². The highest BCUT2D eigenvalue weighted by atomic mass is 19.4. The molecule has 6 heteroatoms. The molecule has 3 nitrogen and oxygen atoms in total. The molecule has 0 bridgehead atoms. The van der Waals surface area contributed by atoms with Crippen molar-refractivity contribution in [3.63, 3.8) is 0 Å². The standard InChI is InChI=1S/C15H16F3NO2/c1-2-3-8-12(21-9-15(16,17)18)13-10-6-4-5-7-11(10)19-14(13)20/h4-7H,2-3,8-9H2,1H3,(H,19,20)/b13-12-. The number of anilines is 1. The molecule has 1 aromatic rings. The van der Waals surface area contributed by atoms with Crippen LogP contribution in [0.15, 0.2) is 30.0 Å². The number of fused-ring (bicyclic) bond motifs is 1. The Hall–Kier alpha value is -1.98. The molecule has 1 amide bonds. The number of carbonyl (C=O) groups excluding carboxylic acids is 1. The minimum atomic E-state index is -4.42. The third kappa shape index (κ3) is 3.77. The van der Waals surface area contributed by atoms with Crippen molar-refractivity contribution >= 4 is 17.2 Å². The van der Waals surface area contributed by atoms with Gasteiger partial charge < -0.3 is 10.1 Å². The zero-order chi connectivity index (χ0) is 15.5. The summed E-state index contributed by atoms with van der Waals surface area (Å²) in [6.45, 7) is 0.541. The molecule has 0 unspecified atom stereocenters. The lowest BCUT2D eigenvalue weighted by atomic mass is 10.0. The van der Waals surface area contributed by atoms with Crippen molar-refractivity contribution in [1.29, 1.82) is 0 Å². The van der Waals surface area contributed by atoms with E-state index in [-0.39, 0.29) is 11.3 Å². The first kappa shape index (κ1) is 15.4. The summed E-state index contributed by atoms with van der Waals surface area (Å²) in [6.07, 6.45) is -2.65. The second-order valence-electron chi connectivity index (χ2n) is 4.81. The lowest BCUT2D eigenvalue weighted by Crippen LogP contribution is -2.18. The Bertz CT molecular complexity index is 564. The van der Waals surface area contributed by atoms with Crippen LogP contribution in [0.2, 0.25) is 0 Å². The van der Waals surface area contributed by atoms with E-state index in [1.165, 1.54) is 0 Å². The number of halogens is 3. The van der Waals surface area contributed by atoms with Gasteiger partial charge in [0.1, 0.15) is 5.76 Å². The number of allylic oxidation sites excluding steroid dienone is 1. The highest BCUT2D eigenvalue weighted by Crippen LogP contribution is 2.35. The fourth-order valence-corrected chi connectivity index (χ4v) is 2.17. The van der Waals surface area contributed by atoms with Crippen LogP contribution >= 0.6 is 0 Å². The molecule has 1 heterocycles. The average molecular weight is 299 g/mol. The van der Waals surface area contributed by atoms with Gasteiger partial charge in [-0.3, -0.25) is 4.79 Å². The molecule has 1 aliphatic rings. The smallest absolute Gasteiger partial charge is 0.422 e. The second kappa shape index (κ2) is 6.20. The predicted octanol–water partition coefficient (Wildman–Crippen LogP) is 4.12. The third-order valence-electron chi connectivity index (χ3n) is 3.12. The first-order valence-corrected chi connectivity index (χ1v) is 6.76. The van der Waals surface area contributed by atoms with Crippen LogP contribution in [-0.4, -0.2) is 18.7 Å². The molecule has 0 saturated heterocycles. The highest BCUT2D eigenvalue weighted by Gasteiger charge is 2.32. The molecule has 2 rings (SSSR count). The topological polar surface area (TPSA) is 38.3 Å². The van der Waals surface area contributed by atoms with E-state index in [0.29, 0.717) is 24.1 Å². The Labute approximate surface area is 120 Å². The molecule has 1 N–H and O–H groups in total. The number of nitrogens with one attached hydrogen (secondary N) is 1. The molecule has 0 aromatic heterocycles. The number of carbonyl (C=O) groups is 1. The Balaban J connectivity index is 2.35. The van der Waals surface area contributed by atoms with Gasteiger partial charge in [-0.25, -0.2) is 0 Å². The van der Waals surface area contributed by atoms with Crippen molar-refractivity contribution in [3.8, 4) is 0 Å². The fraction of sp³-hybridized carbons (Fsp3) is 0.400. The van der Waals surface area contributed by atoms with Gasteiger partial charge >= 0.3 is 6.18 Å². The molecule has 0 saturated carbocycles. The molecule has 0 atom stereocenters. The van der Waals surface area contributed by atoms with E-state index in [1.54, 1.807) is 24.3 Å². The number of hydrogen-bond donors (Lipinski definition) is 1. The lowest BCUT2D eigenvalue weighted by Gasteiger charge is -2.14. The zero-order valence-corrected chi connectivity index (χ0v) is 11.6. The van der Waals surface area contributed by atoms with Gasteiger partial charge in [0.05, 0.1) is 5.57 Å². The van der Waals surface area contributed by atoms with E-state index < -0.39 is 18.7 Å². The van der Waals surface area contributed by atoms with E-state index >= 15 is 0 Å². The lowest BCUT2D eigenvalue weighted by molar-refractivity contribution is -0.165. The molecular weight excluding hydrogens is 283 g/mol. The maximum atomic E-state index is 12.4. The van der Waals surface area contributed by atoms with Gasteiger partial charge in [0, 0.05) is 17.7 Å². The summed E-state index contributed by atoms with van der Waals surface area (Å²) in [6, 6.07) is 6.90. The molecular formula is C15H16F3NO2. The molecule has 0 radical (unpaired) electrons. The van der Waals surface area contributed by atoms with Crippen LogP contribution in [0.25, 0.3) is 5.57 Å². The Morgan fingerprint density at radius 1 is 1.29 bits per heavy atom. The van der Waals surface area contributed by atoms with Crippen LogP contribution in [0.4, 0.5) is 18.9 Å². The molecule has 0 fully saturated rings. The van der Waals surface area contributed by atoms with Crippen molar-refractivity contribution in [3.05, 3.63) is 35.6 Å². The Kier molecular flexibility index (Phi) is 4.55. The first-order valence-electron chi connectivity index (χ1n) is 6.76. The number of unbranched alkanes of at least 4 members (excludes halogenated alkanes) is 1. The van der Waals surface area contributed by atoms with Gasteiger partial charge in [0.25, 0.3) is 5.91 Å².